The Morgan fingerprint density at radius 1 is 1.22 bits per heavy atom. The van der Waals surface area contributed by atoms with E-state index in [0.717, 1.165) is 11.1 Å². The topological polar surface area (TPSA) is 98.3 Å². The van der Waals surface area contributed by atoms with Crippen molar-refractivity contribution in [2.45, 2.75) is 64.2 Å². The van der Waals surface area contributed by atoms with Gasteiger partial charge in [0, 0.05) is 37.0 Å². The van der Waals surface area contributed by atoms with Crippen molar-refractivity contribution in [3.8, 4) is 11.5 Å². The molecule has 4 rings (SSSR count). The number of methoxy groups -OCH3 is 1. The molecule has 0 radical (unpaired) electrons. The number of thiazole rings is 1. The fraction of sp³-hybridized carbons (Fsp3) is 0.448. The second-order valence-corrected chi connectivity index (χ2v) is 14.2. The Hall–Kier alpha value is -3.02. The molecule has 222 valence electrons. The lowest BCUT2D eigenvalue weighted by Crippen LogP contribution is -2.48. The second kappa shape index (κ2) is 12.5. The molecular weight excluding hydrogens is 586 g/mol. The molecule has 2 heterocycles. The van der Waals surface area contributed by atoms with Gasteiger partial charge in [-0.3, -0.25) is 0 Å². The van der Waals surface area contributed by atoms with E-state index in [1.807, 2.05) is 46.8 Å². The van der Waals surface area contributed by atoms with Crippen LogP contribution in [0.15, 0.2) is 52.9 Å². The van der Waals surface area contributed by atoms with Crippen molar-refractivity contribution < 1.29 is 27.4 Å². The molecule has 1 saturated heterocycles. The van der Waals surface area contributed by atoms with Crippen LogP contribution in [0.1, 0.15) is 45.2 Å². The first-order valence-electron chi connectivity index (χ1n) is 13.3. The Morgan fingerprint density at radius 2 is 1.98 bits per heavy atom. The van der Waals surface area contributed by atoms with Crippen LogP contribution >= 0.6 is 22.9 Å². The van der Waals surface area contributed by atoms with Gasteiger partial charge in [0.1, 0.15) is 23.2 Å². The summed E-state index contributed by atoms with van der Waals surface area (Å²) in [5.74, 6) is 1.10. The molecule has 9 nitrogen and oxygen atoms in total. The summed E-state index contributed by atoms with van der Waals surface area (Å²) < 4.78 is 46.1. The van der Waals surface area contributed by atoms with E-state index in [1.165, 1.54) is 27.8 Å². The monoisotopic (exact) mass is 621 g/mol. The zero-order valence-electron chi connectivity index (χ0n) is 24.1. The molecule has 0 saturated carbocycles. The molecule has 0 N–H and O–H groups in total. The smallest absolute Gasteiger partial charge is 0.410 e. The maximum Gasteiger partial charge on any atom is 0.410 e. The predicted molar refractivity (Wildman–Crippen MR) is 161 cm³/mol. The van der Waals surface area contributed by atoms with Gasteiger partial charge < -0.3 is 19.1 Å². The van der Waals surface area contributed by atoms with Gasteiger partial charge in [-0.1, -0.05) is 24.6 Å². The first-order chi connectivity index (χ1) is 19.3. The van der Waals surface area contributed by atoms with Crippen molar-refractivity contribution in [2.75, 3.05) is 24.5 Å². The Labute approximate surface area is 251 Å². The first kappa shape index (κ1) is 30.9. The van der Waals surface area contributed by atoms with Crippen LogP contribution in [-0.2, 0) is 21.3 Å². The number of piperidine rings is 1. The highest BCUT2D eigenvalue weighted by Crippen LogP contribution is 2.35. The highest BCUT2D eigenvalue weighted by Gasteiger charge is 2.33. The lowest BCUT2D eigenvalue weighted by molar-refractivity contribution is 0.000365. The summed E-state index contributed by atoms with van der Waals surface area (Å²) in [6, 6.07) is 10.0. The number of likely N-dealkylation sites (tertiary alicyclic amines) is 1. The summed E-state index contributed by atoms with van der Waals surface area (Å²) in [6.45, 7) is 10.5. The molecule has 1 unspecified atom stereocenters. The molecule has 0 aliphatic carbocycles. The largest absolute Gasteiger partial charge is 0.497 e. The molecule has 1 aliphatic rings. The summed E-state index contributed by atoms with van der Waals surface area (Å²) in [7, 11) is -2.43. The van der Waals surface area contributed by atoms with Crippen LogP contribution in [0.4, 0.5) is 9.93 Å². The molecule has 2 atom stereocenters. The van der Waals surface area contributed by atoms with E-state index in [0.29, 0.717) is 36.1 Å². The number of amides is 1. The molecule has 3 aromatic rings. The van der Waals surface area contributed by atoms with E-state index < -0.39 is 15.6 Å². The average Bonchev–Trinajstić information content (AvgIpc) is 3.43. The van der Waals surface area contributed by atoms with Crippen molar-refractivity contribution in [1.82, 2.24) is 9.88 Å². The summed E-state index contributed by atoms with van der Waals surface area (Å²) in [6.07, 6.45) is 1.63. The van der Waals surface area contributed by atoms with Crippen molar-refractivity contribution in [3.05, 3.63) is 64.1 Å². The summed E-state index contributed by atoms with van der Waals surface area (Å²) in [5.41, 5.74) is 1.16. The van der Waals surface area contributed by atoms with Gasteiger partial charge in [0.15, 0.2) is 5.13 Å². The van der Waals surface area contributed by atoms with Gasteiger partial charge >= 0.3 is 6.09 Å². The maximum atomic E-state index is 13.9. The van der Waals surface area contributed by atoms with E-state index in [1.54, 1.807) is 35.7 Å². The van der Waals surface area contributed by atoms with Gasteiger partial charge in [-0.05, 0) is 69.2 Å². The van der Waals surface area contributed by atoms with Crippen LogP contribution in [-0.4, -0.2) is 56.3 Å². The zero-order valence-corrected chi connectivity index (χ0v) is 26.5. The molecule has 0 bridgehead atoms. The van der Waals surface area contributed by atoms with Crippen LogP contribution in [0.25, 0.3) is 0 Å². The fourth-order valence-electron chi connectivity index (χ4n) is 4.54. The summed E-state index contributed by atoms with van der Waals surface area (Å²) in [4.78, 5) is 18.5. The molecule has 2 aromatic carbocycles. The van der Waals surface area contributed by atoms with Crippen LogP contribution in [0.2, 0.25) is 5.02 Å². The van der Waals surface area contributed by atoms with Crippen LogP contribution in [0.5, 0.6) is 11.5 Å². The van der Waals surface area contributed by atoms with E-state index in [4.69, 9.17) is 25.8 Å². The number of ether oxygens (including phenoxy) is 3. The highest BCUT2D eigenvalue weighted by atomic mass is 35.5. The zero-order chi connectivity index (χ0) is 29.9. The Kier molecular flexibility index (Phi) is 9.40. The molecule has 1 fully saturated rings. The number of anilines is 1. The number of aryl methyl sites for hydroxylation is 1. The first-order valence-corrected chi connectivity index (χ1v) is 16.0. The predicted octanol–water partition coefficient (Wildman–Crippen LogP) is 6.53. The third-order valence-electron chi connectivity index (χ3n) is 6.74. The average molecular weight is 622 g/mol. The quantitative estimate of drug-likeness (QED) is 0.282. The van der Waals surface area contributed by atoms with Crippen molar-refractivity contribution in [1.29, 1.82) is 0 Å². The number of rotatable bonds is 8. The number of hydrogen-bond acceptors (Lipinski definition) is 8. The molecule has 41 heavy (non-hydrogen) atoms. The summed E-state index contributed by atoms with van der Waals surface area (Å²) >= 11 is 7.82. The third kappa shape index (κ3) is 7.44. The molecule has 1 amide bonds. The fourth-order valence-corrected chi connectivity index (χ4v) is 7.12. The van der Waals surface area contributed by atoms with Gasteiger partial charge in [0.25, 0.3) is 10.0 Å². The lowest BCUT2D eigenvalue weighted by atomic mass is 9.96. The normalized spacial score (nSPS) is 17.7. The van der Waals surface area contributed by atoms with Gasteiger partial charge in [0.2, 0.25) is 0 Å². The standard InChI is InChI=1S/C29H36ClN3O6S2/c1-19-15-22(37-6)8-7-21(19)18-33(27-31-12-14-40-27)41(35,36)23-9-10-26(24(30)16-23)38-25-11-13-32(17-20(25)2)28(34)39-29(3,4)5/h7-10,12,14-16,20,25H,11,13,17-18H2,1-6H3/t20-,25?/m0/s1. The van der Waals surface area contributed by atoms with Crippen molar-refractivity contribution >= 4 is 44.2 Å². The SMILES string of the molecule is COc1ccc(CN(c2nccs2)S(=O)(=O)c2ccc(OC3CCN(C(=O)OC(C)(C)C)C[C@@H]3C)c(Cl)c2)c(C)c1. The lowest BCUT2D eigenvalue weighted by Gasteiger charge is -2.37. The van der Waals surface area contributed by atoms with E-state index in [9.17, 15) is 13.2 Å². The number of benzene rings is 2. The second-order valence-electron chi connectivity index (χ2n) is 11.1. The van der Waals surface area contributed by atoms with Gasteiger partial charge in [-0.15, -0.1) is 11.3 Å². The van der Waals surface area contributed by atoms with Crippen LogP contribution in [0, 0.1) is 12.8 Å². The molecule has 1 aromatic heterocycles. The summed E-state index contributed by atoms with van der Waals surface area (Å²) in [5, 5.41) is 2.27. The van der Waals surface area contributed by atoms with Crippen LogP contribution < -0.4 is 13.8 Å². The molecule has 12 heteroatoms. The highest BCUT2D eigenvalue weighted by molar-refractivity contribution is 7.93. The van der Waals surface area contributed by atoms with Gasteiger partial charge in [-0.2, -0.15) is 0 Å². The Balaban J connectivity index is 1.51. The number of hydrogen-bond donors (Lipinski definition) is 0. The van der Waals surface area contributed by atoms with Gasteiger partial charge in [-0.25, -0.2) is 22.5 Å². The van der Waals surface area contributed by atoms with Gasteiger partial charge in [0.05, 0.1) is 23.6 Å². The number of halogens is 1. The third-order valence-corrected chi connectivity index (χ3v) is 9.68. The van der Waals surface area contributed by atoms with Crippen LogP contribution in [0.3, 0.4) is 0 Å². The number of nitrogens with zero attached hydrogens (tertiary/aromatic N) is 3. The molecular formula is C29H36ClN3O6S2. The Bertz CT molecular complexity index is 1470. The molecule has 0 spiro atoms. The minimum Gasteiger partial charge on any atom is -0.497 e. The number of carbonyl (C=O) groups excluding carboxylic acids is 1. The number of sulfonamides is 1. The van der Waals surface area contributed by atoms with Crippen molar-refractivity contribution in [2.24, 2.45) is 5.92 Å². The number of aromatic nitrogens is 1. The minimum absolute atomic E-state index is 0.0175. The Morgan fingerprint density at radius 3 is 2.56 bits per heavy atom. The maximum absolute atomic E-state index is 13.9. The van der Waals surface area contributed by atoms with E-state index >= 15 is 0 Å². The van der Waals surface area contributed by atoms with E-state index in [-0.39, 0.29) is 34.6 Å². The van der Waals surface area contributed by atoms with E-state index in [2.05, 4.69) is 4.98 Å². The minimum atomic E-state index is -4.02. The van der Waals surface area contributed by atoms with Crippen molar-refractivity contribution in [3.63, 3.8) is 0 Å². The molecule has 1 aliphatic heterocycles. The number of carbonyl (C=O) groups is 1.